The van der Waals surface area contributed by atoms with Crippen molar-refractivity contribution in [2.24, 2.45) is 0 Å². The van der Waals surface area contributed by atoms with Gasteiger partial charge in [-0.25, -0.2) is 4.79 Å². The highest BCUT2D eigenvalue weighted by Crippen LogP contribution is 2.21. The van der Waals surface area contributed by atoms with E-state index >= 15 is 0 Å². The Labute approximate surface area is 82.4 Å². The zero-order valence-corrected chi connectivity index (χ0v) is 7.67. The summed E-state index contributed by atoms with van der Waals surface area (Å²) in [5.74, 6) is 0. The number of aromatic amines is 1. The molecule has 0 atom stereocenters. The Morgan fingerprint density at radius 3 is 2.53 bits per heavy atom. The molecule has 1 aromatic rings. The van der Waals surface area contributed by atoms with Crippen LogP contribution in [0.15, 0.2) is 21.9 Å². The van der Waals surface area contributed by atoms with Crippen LogP contribution >= 0.6 is 0 Å². The molecular formula is C8H9F3N2O2. The minimum Gasteiger partial charge on any atom is -0.301 e. The maximum absolute atomic E-state index is 11.8. The summed E-state index contributed by atoms with van der Waals surface area (Å²) in [7, 11) is 0. The predicted octanol–water partition coefficient (Wildman–Crippen LogP) is 0.879. The normalized spacial score (nSPS) is 11.7. The Morgan fingerprint density at radius 1 is 1.33 bits per heavy atom. The van der Waals surface area contributed by atoms with E-state index in [1.54, 1.807) is 0 Å². The van der Waals surface area contributed by atoms with E-state index in [-0.39, 0.29) is 13.0 Å². The highest BCUT2D eigenvalue weighted by atomic mass is 19.4. The molecule has 1 rings (SSSR count). The van der Waals surface area contributed by atoms with Gasteiger partial charge in [0.25, 0.3) is 5.56 Å². The van der Waals surface area contributed by atoms with Crippen LogP contribution in [-0.2, 0) is 6.54 Å². The first-order valence-corrected chi connectivity index (χ1v) is 4.25. The van der Waals surface area contributed by atoms with Crippen molar-refractivity contribution in [3.63, 3.8) is 0 Å². The van der Waals surface area contributed by atoms with Gasteiger partial charge < -0.3 is 4.57 Å². The molecule has 0 saturated carbocycles. The fraction of sp³-hybridized carbons (Fsp3) is 0.500. The highest BCUT2D eigenvalue weighted by molar-refractivity contribution is 4.82. The van der Waals surface area contributed by atoms with Crippen LogP contribution in [0.5, 0.6) is 0 Å². The number of halogens is 3. The van der Waals surface area contributed by atoms with Crippen LogP contribution in [0, 0.1) is 0 Å². The van der Waals surface area contributed by atoms with E-state index in [9.17, 15) is 22.8 Å². The number of H-pyrrole nitrogens is 1. The maximum atomic E-state index is 11.8. The van der Waals surface area contributed by atoms with E-state index in [4.69, 9.17) is 0 Å². The first-order valence-electron chi connectivity index (χ1n) is 4.25. The zero-order chi connectivity index (χ0) is 11.5. The van der Waals surface area contributed by atoms with Gasteiger partial charge in [0, 0.05) is 25.2 Å². The Bertz CT molecular complexity index is 432. The van der Waals surface area contributed by atoms with Crippen molar-refractivity contribution in [1.29, 1.82) is 0 Å². The van der Waals surface area contributed by atoms with Crippen LogP contribution < -0.4 is 11.2 Å². The quantitative estimate of drug-likeness (QED) is 0.825. The van der Waals surface area contributed by atoms with Crippen LogP contribution in [0.4, 0.5) is 13.2 Å². The number of rotatable bonds is 3. The number of nitrogens with one attached hydrogen (secondary N) is 1. The number of hydrogen-bond acceptors (Lipinski definition) is 2. The van der Waals surface area contributed by atoms with Crippen LogP contribution in [0.3, 0.4) is 0 Å². The van der Waals surface area contributed by atoms with Crippen molar-refractivity contribution in [3.05, 3.63) is 33.1 Å². The molecule has 0 aliphatic carbocycles. The summed E-state index contributed by atoms with van der Waals surface area (Å²) in [6.07, 6.45) is -4.17. The highest BCUT2D eigenvalue weighted by Gasteiger charge is 2.25. The lowest BCUT2D eigenvalue weighted by Gasteiger charge is -2.06. The number of aryl methyl sites for hydroxylation is 1. The Hall–Kier alpha value is -1.53. The molecule has 0 aromatic carbocycles. The standard InChI is InChI=1S/C8H9F3N2O2/c9-8(10,11)3-1-4-13-5-2-6(14)12-7(13)15/h2,5H,1,3-4H2,(H,12,14,15). The van der Waals surface area contributed by atoms with E-state index < -0.39 is 23.8 Å². The molecule has 0 spiro atoms. The van der Waals surface area contributed by atoms with Gasteiger partial charge in [0.2, 0.25) is 0 Å². The minimum absolute atomic E-state index is 0.0604. The molecule has 4 nitrogen and oxygen atoms in total. The molecule has 0 radical (unpaired) electrons. The minimum atomic E-state index is -4.22. The molecule has 0 aliphatic rings. The lowest BCUT2D eigenvalue weighted by atomic mass is 10.3. The fourth-order valence-corrected chi connectivity index (χ4v) is 1.07. The summed E-state index contributed by atoms with van der Waals surface area (Å²) in [4.78, 5) is 23.6. The Balaban J connectivity index is 2.59. The molecule has 0 fully saturated rings. The van der Waals surface area contributed by atoms with E-state index in [1.165, 1.54) is 6.20 Å². The molecule has 1 aromatic heterocycles. The van der Waals surface area contributed by atoms with Crippen molar-refractivity contribution in [3.8, 4) is 0 Å². The molecule has 0 bridgehead atoms. The van der Waals surface area contributed by atoms with Gasteiger partial charge in [-0.2, -0.15) is 13.2 Å². The first-order chi connectivity index (χ1) is 6.88. The average Bonchev–Trinajstić information content (AvgIpc) is 2.07. The average molecular weight is 222 g/mol. The lowest BCUT2D eigenvalue weighted by Crippen LogP contribution is -2.28. The van der Waals surface area contributed by atoms with Crippen molar-refractivity contribution in [2.45, 2.75) is 25.6 Å². The van der Waals surface area contributed by atoms with Crippen LogP contribution in [0.1, 0.15) is 12.8 Å². The summed E-state index contributed by atoms with van der Waals surface area (Å²) in [6.45, 7) is -0.0604. The van der Waals surface area contributed by atoms with Crippen LogP contribution in [-0.4, -0.2) is 15.7 Å². The molecule has 0 unspecified atom stereocenters. The molecule has 7 heteroatoms. The largest absolute Gasteiger partial charge is 0.389 e. The molecule has 0 amide bonds. The monoisotopic (exact) mass is 222 g/mol. The predicted molar refractivity (Wildman–Crippen MR) is 46.6 cm³/mol. The van der Waals surface area contributed by atoms with Crippen LogP contribution in [0.25, 0.3) is 0 Å². The van der Waals surface area contributed by atoms with Gasteiger partial charge >= 0.3 is 11.9 Å². The van der Waals surface area contributed by atoms with Crippen molar-refractivity contribution in [1.82, 2.24) is 9.55 Å². The van der Waals surface area contributed by atoms with E-state index in [1.807, 2.05) is 4.98 Å². The molecule has 1 heterocycles. The van der Waals surface area contributed by atoms with Crippen molar-refractivity contribution in [2.75, 3.05) is 0 Å². The SMILES string of the molecule is O=c1ccn(CCCC(F)(F)F)c(=O)[nH]1. The van der Waals surface area contributed by atoms with Gasteiger partial charge in [-0.3, -0.25) is 9.78 Å². The third-order valence-corrected chi connectivity index (χ3v) is 1.76. The van der Waals surface area contributed by atoms with Gasteiger partial charge in [-0.15, -0.1) is 0 Å². The summed E-state index contributed by atoms with van der Waals surface area (Å²) in [6, 6.07) is 1.09. The van der Waals surface area contributed by atoms with Gasteiger partial charge in [0.05, 0.1) is 0 Å². The number of alkyl halides is 3. The van der Waals surface area contributed by atoms with Crippen molar-refractivity contribution >= 4 is 0 Å². The van der Waals surface area contributed by atoms with Gasteiger partial charge in [-0.05, 0) is 6.42 Å². The number of nitrogens with zero attached hydrogens (tertiary/aromatic N) is 1. The smallest absolute Gasteiger partial charge is 0.301 e. The first kappa shape index (κ1) is 11.5. The van der Waals surface area contributed by atoms with Gasteiger partial charge in [0.15, 0.2) is 0 Å². The van der Waals surface area contributed by atoms with E-state index in [0.29, 0.717) is 0 Å². The molecule has 1 N–H and O–H groups in total. The third-order valence-electron chi connectivity index (χ3n) is 1.76. The third kappa shape index (κ3) is 4.01. The molecule has 0 saturated heterocycles. The van der Waals surface area contributed by atoms with Crippen molar-refractivity contribution < 1.29 is 13.2 Å². The summed E-state index contributed by atoms with van der Waals surface area (Å²) in [5.41, 5.74) is -1.25. The molecule has 15 heavy (non-hydrogen) atoms. The molecule has 84 valence electrons. The lowest BCUT2D eigenvalue weighted by molar-refractivity contribution is -0.135. The molecular weight excluding hydrogens is 213 g/mol. The second-order valence-electron chi connectivity index (χ2n) is 3.02. The summed E-state index contributed by atoms with van der Waals surface area (Å²) in [5, 5.41) is 0. The topological polar surface area (TPSA) is 54.9 Å². The maximum Gasteiger partial charge on any atom is 0.389 e. The number of aromatic nitrogens is 2. The Morgan fingerprint density at radius 2 is 2.00 bits per heavy atom. The van der Waals surface area contributed by atoms with E-state index in [0.717, 1.165) is 10.6 Å². The number of hydrogen-bond donors (Lipinski definition) is 1. The second-order valence-corrected chi connectivity index (χ2v) is 3.02. The Kier molecular flexibility index (Phi) is 3.33. The van der Waals surface area contributed by atoms with Gasteiger partial charge in [0.1, 0.15) is 0 Å². The summed E-state index contributed by atoms with van der Waals surface area (Å²) >= 11 is 0. The zero-order valence-electron chi connectivity index (χ0n) is 7.67. The van der Waals surface area contributed by atoms with Crippen LogP contribution in [0.2, 0.25) is 0 Å². The molecule has 0 aliphatic heterocycles. The second kappa shape index (κ2) is 4.33. The van der Waals surface area contributed by atoms with E-state index in [2.05, 4.69) is 0 Å². The van der Waals surface area contributed by atoms with Gasteiger partial charge in [-0.1, -0.05) is 0 Å². The fourth-order valence-electron chi connectivity index (χ4n) is 1.07. The summed E-state index contributed by atoms with van der Waals surface area (Å²) < 4.78 is 36.4.